The number of thiazole rings is 1. The summed E-state index contributed by atoms with van der Waals surface area (Å²) in [5, 5.41) is 11.7. The first-order valence-electron chi connectivity index (χ1n) is 6.97. The fourth-order valence-electron chi connectivity index (χ4n) is 2.69. The lowest BCUT2D eigenvalue weighted by Gasteiger charge is -2.35. The normalized spacial score (nSPS) is 18.4. The van der Waals surface area contributed by atoms with Crippen LogP contribution in [0.4, 0.5) is 0 Å². The van der Waals surface area contributed by atoms with Crippen LogP contribution in [0.25, 0.3) is 0 Å². The lowest BCUT2D eigenvalue weighted by atomic mass is 9.85. The van der Waals surface area contributed by atoms with Gasteiger partial charge in [0.15, 0.2) is 0 Å². The minimum absolute atomic E-state index is 0.144. The Kier molecular flexibility index (Phi) is 4.93. The first-order chi connectivity index (χ1) is 9.16. The number of carboxylic acids is 1. The molecule has 1 aliphatic rings. The van der Waals surface area contributed by atoms with Crippen LogP contribution in [-0.4, -0.2) is 22.7 Å². The number of hydrogen-bond acceptors (Lipinski definition) is 4. The molecule has 0 atom stereocenters. The summed E-state index contributed by atoms with van der Waals surface area (Å²) in [6.07, 6.45) is 6.36. The third-order valence-electron chi connectivity index (χ3n) is 3.62. The minimum Gasteiger partial charge on any atom is -0.481 e. The van der Waals surface area contributed by atoms with Crippen molar-refractivity contribution in [1.29, 1.82) is 0 Å². The molecule has 1 N–H and O–H groups in total. The number of ether oxygens (including phenoxy) is 1. The molecule has 0 amide bonds. The van der Waals surface area contributed by atoms with Gasteiger partial charge in [0, 0.05) is 18.4 Å². The first kappa shape index (κ1) is 14.5. The quantitative estimate of drug-likeness (QED) is 0.869. The second-order valence-corrected chi connectivity index (χ2v) is 5.88. The second-order valence-electron chi connectivity index (χ2n) is 5.03. The molecule has 0 radical (unpaired) electrons. The van der Waals surface area contributed by atoms with Crippen molar-refractivity contribution in [2.24, 2.45) is 0 Å². The number of nitrogens with zero attached hydrogens (tertiary/aromatic N) is 1. The van der Waals surface area contributed by atoms with Gasteiger partial charge in [-0.3, -0.25) is 4.79 Å². The average Bonchev–Trinajstić information content (AvgIpc) is 2.87. The molecule has 1 aliphatic carbocycles. The van der Waals surface area contributed by atoms with Crippen LogP contribution < -0.4 is 0 Å². The molecule has 1 aromatic rings. The summed E-state index contributed by atoms with van der Waals surface area (Å²) in [4.78, 5) is 15.2. The molecule has 5 heteroatoms. The number of carbonyl (C=O) groups is 1. The summed E-state index contributed by atoms with van der Waals surface area (Å²) in [7, 11) is 0. The SMILES string of the molecule is CCOC1(c2nc(CCC(=O)O)cs2)CCCCC1. The summed E-state index contributed by atoms with van der Waals surface area (Å²) in [5.41, 5.74) is 0.672. The van der Waals surface area contributed by atoms with Gasteiger partial charge in [0.1, 0.15) is 10.6 Å². The molecule has 1 aromatic heterocycles. The summed E-state index contributed by atoms with van der Waals surface area (Å²) < 4.78 is 6.03. The van der Waals surface area contributed by atoms with E-state index in [0.717, 1.165) is 23.5 Å². The van der Waals surface area contributed by atoms with Crippen LogP contribution in [-0.2, 0) is 21.6 Å². The molecular formula is C14H21NO3S. The molecule has 0 unspecified atom stereocenters. The van der Waals surface area contributed by atoms with Gasteiger partial charge in [0.2, 0.25) is 0 Å². The minimum atomic E-state index is -0.772. The number of hydrogen-bond donors (Lipinski definition) is 1. The van der Waals surface area contributed by atoms with Crippen molar-refractivity contribution in [3.63, 3.8) is 0 Å². The zero-order valence-electron chi connectivity index (χ0n) is 11.4. The lowest BCUT2D eigenvalue weighted by molar-refractivity contribution is -0.136. The van der Waals surface area contributed by atoms with E-state index >= 15 is 0 Å². The first-order valence-corrected chi connectivity index (χ1v) is 7.85. The maximum atomic E-state index is 10.6. The van der Waals surface area contributed by atoms with E-state index in [1.54, 1.807) is 11.3 Å². The molecule has 2 rings (SSSR count). The Bertz CT molecular complexity index is 419. The van der Waals surface area contributed by atoms with Crippen LogP contribution >= 0.6 is 11.3 Å². The van der Waals surface area contributed by atoms with Crippen LogP contribution in [0.15, 0.2) is 5.38 Å². The monoisotopic (exact) mass is 283 g/mol. The summed E-state index contributed by atoms with van der Waals surface area (Å²) >= 11 is 1.62. The third kappa shape index (κ3) is 3.54. The van der Waals surface area contributed by atoms with E-state index in [1.807, 2.05) is 12.3 Å². The molecule has 106 valence electrons. The van der Waals surface area contributed by atoms with Crippen molar-refractivity contribution in [1.82, 2.24) is 4.98 Å². The predicted octanol–water partition coefficient (Wildman–Crippen LogP) is 3.36. The molecule has 0 aliphatic heterocycles. The standard InChI is InChI=1S/C14H21NO3S/c1-2-18-14(8-4-3-5-9-14)13-15-11(10-19-13)6-7-12(16)17/h10H,2-9H2,1H3,(H,16,17). The average molecular weight is 283 g/mol. The van der Waals surface area contributed by atoms with Gasteiger partial charge in [-0.25, -0.2) is 4.98 Å². The van der Waals surface area contributed by atoms with E-state index < -0.39 is 5.97 Å². The van der Waals surface area contributed by atoms with Crippen LogP contribution in [0.2, 0.25) is 0 Å². The van der Waals surface area contributed by atoms with Gasteiger partial charge in [-0.15, -0.1) is 11.3 Å². The van der Waals surface area contributed by atoms with Crippen LogP contribution in [0.1, 0.15) is 56.2 Å². The van der Waals surface area contributed by atoms with Crippen LogP contribution in [0, 0.1) is 0 Å². The van der Waals surface area contributed by atoms with Crippen molar-refractivity contribution in [2.45, 2.75) is 57.5 Å². The van der Waals surface area contributed by atoms with Crippen LogP contribution in [0.3, 0.4) is 0 Å². The highest BCUT2D eigenvalue weighted by molar-refractivity contribution is 7.09. The molecule has 1 fully saturated rings. The summed E-state index contributed by atoms with van der Waals surface area (Å²) in [6, 6.07) is 0. The van der Waals surface area contributed by atoms with Gasteiger partial charge in [0.25, 0.3) is 0 Å². The zero-order chi connectivity index (χ0) is 13.7. The molecule has 0 spiro atoms. The molecule has 1 saturated carbocycles. The van der Waals surface area contributed by atoms with Gasteiger partial charge >= 0.3 is 5.97 Å². The van der Waals surface area contributed by atoms with Gasteiger partial charge in [-0.2, -0.15) is 0 Å². The van der Waals surface area contributed by atoms with E-state index in [9.17, 15) is 4.79 Å². The summed E-state index contributed by atoms with van der Waals surface area (Å²) in [5.74, 6) is -0.772. The largest absolute Gasteiger partial charge is 0.481 e. The molecule has 0 saturated heterocycles. The molecule has 0 aromatic carbocycles. The van der Waals surface area contributed by atoms with Gasteiger partial charge in [0.05, 0.1) is 12.1 Å². The Morgan fingerprint density at radius 1 is 1.47 bits per heavy atom. The third-order valence-corrected chi connectivity index (χ3v) is 4.69. The Morgan fingerprint density at radius 2 is 2.21 bits per heavy atom. The number of rotatable bonds is 6. The molecule has 0 bridgehead atoms. The number of aryl methyl sites for hydroxylation is 1. The summed E-state index contributed by atoms with van der Waals surface area (Å²) in [6.45, 7) is 2.72. The fraction of sp³-hybridized carbons (Fsp3) is 0.714. The van der Waals surface area contributed by atoms with E-state index in [0.29, 0.717) is 13.0 Å². The highest BCUT2D eigenvalue weighted by Gasteiger charge is 2.37. The van der Waals surface area contributed by atoms with E-state index in [1.165, 1.54) is 19.3 Å². The van der Waals surface area contributed by atoms with E-state index in [2.05, 4.69) is 4.98 Å². The van der Waals surface area contributed by atoms with Crippen molar-refractivity contribution in [3.8, 4) is 0 Å². The molecule has 19 heavy (non-hydrogen) atoms. The number of carboxylic acid groups (broad SMARTS) is 1. The Morgan fingerprint density at radius 3 is 2.84 bits per heavy atom. The molecule has 4 nitrogen and oxygen atoms in total. The maximum absolute atomic E-state index is 10.6. The van der Waals surface area contributed by atoms with Gasteiger partial charge in [-0.1, -0.05) is 19.3 Å². The van der Waals surface area contributed by atoms with Gasteiger partial charge in [-0.05, 0) is 19.8 Å². The lowest BCUT2D eigenvalue weighted by Crippen LogP contribution is -2.32. The topological polar surface area (TPSA) is 59.4 Å². The molecular weight excluding hydrogens is 262 g/mol. The Balaban J connectivity index is 2.11. The van der Waals surface area contributed by atoms with Gasteiger partial charge < -0.3 is 9.84 Å². The van der Waals surface area contributed by atoms with E-state index in [-0.39, 0.29) is 12.0 Å². The zero-order valence-corrected chi connectivity index (χ0v) is 12.2. The Hall–Kier alpha value is -0.940. The van der Waals surface area contributed by atoms with Crippen molar-refractivity contribution < 1.29 is 14.6 Å². The maximum Gasteiger partial charge on any atom is 0.303 e. The molecule has 1 heterocycles. The number of aromatic nitrogens is 1. The van der Waals surface area contributed by atoms with Crippen molar-refractivity contribution in [2.75, 3.05) is 6.61 Å². The highest BCUT2D eigenvalue weighted by atomic mass is 32.1. The van der Waals surface area contributed by atoms with Crippen LogP contribution in [0.5, 0.6) is 0 Å². The fourth-order valence-corrected chi connectivity index (χ4v) is 3.75. The second kappa shape index (κ2) is 6.48. The number of aliphatic carboxylic acids is 1. The highest BCUT2D eigenvalue weighted by Crippen LogP contribution is 2.41. The van der Waals surface area contributed by atoms with Crippen molar-refractivity contribution in [3.05, 3.63) is 16.1 Å². The predicted molar refractivity (Wildman–Crippen MR) is 74.5 cm³/mol. The smallest absolute Gasteiger partial charge is 0.303 e. The van der Waals surface area contributed by atoms with Crippen molar-refractivity contribution >= 4 is 17.3 Å². The van der Waals surface area contributed by atoms with E-state index in [4.69, 9.17) is 9.84 Å². The Labute approximate surface area is 117 Å².